The average Bonchev–Trinajstić information content (AvgIpc) is 2.20. The van der Waals surface area contributed by atoms with Gasteiger partial charge in [-0.2, -0.15) is 8.78 Å². The van der Waals surface area contributed by atoms with Crippen LogP contribution in [0.3, 0.4) is 0 Å². The topological polar surface area (TPSA) is 9.23 Å². The largest absolute Gasteiger partial charge is 0.358 e. The molecule has 6 heteroatoms. The van der Waals surface area contributed by atoms with Crippen molar-refractivity contribution in [2.45, 2.75) is 38.0 Å². The van der Waals surface area contributed by atoms with Gasteiger partial charge in [-0.15, -0.1) is 0 Å². The van der Waals surface area contributed by atoms with Crippen molar-refractivity contribution in [3.05, 3.63) is 0 Å². The average molecular weight is 234 g/mol. The molecule has 0 aliphatic heterocycles. The van der Waals surface area contributed by atoms with E-state index in [0.717, 1.165) is 7.11 Å². The molecule has 1 aliphatic rings. The number of halogens is 5. The fourth-order valence-electron chi connectivity index (χ4n) is 1.56. The van der Waals surface area contributed by atoms with Gasteiger partial charge in [-0.1, -0.05) is 0 Å². The second-order valence-corrected chi connectivity index (χ2v) is 3.32. The molecule has 0 N–H and O–H groups in total. The van der Waals surface area contributed by atoms with Crippen molar-refractivity contribution >= 4 is 0 Å². The third-order valence-corrected chi connectivity index (χ3v) is 2.40. The molecule has 1 rings (SSSR count). The van der Waals surface area contributed by atoms with Crippen LogP contribution >= 0.6 is 0 Å². The molecule has 0 aromatic rings. The van der Waals surface area contributed by atoms with Crippen molar-refractivity contribution in [3.63, 3.8) is 0 Å². The summed E-state index contributed by atoms with van der Waals surface area (Å²) in [6.07, 6.45) is -3.04. The van der Waals surface area contributed by atoms with Crippen molar-refractivity contribution in [1.29, 1.82) is 0 Å². The lowest BCUT2D eigenvalue weighted by Crippen LogP contribution is -2.33. The van der Waals surface area contributed by atoms with E-state index >= 15 is 0 Å². The van der Waals surface area contributed by atoms with Crippen molar-refractivity contribution in [1.82, 2.24) is 0 Å². The van der Waals surface area contributed by atoms with Gasteiger partial charge in [0.15, 0.2) is 0 Å². The van der Waals surface area contributed by atoms with Crippen LogP contribution in [0.1, 0.15) is 25.7 Å². The molecular weight excluding hydrogens is 219 g/mol. The lowest BCUT2D eigenvalue weighted by atomic mass is 9.87. The third kappa shape index (κ3) is 5.30. The Morgan fingerprint density at radius 3 is 1.87 bits per heavy atom. The molecule has 0 aromatic heterocycles. The molecule has 0 atom stereocenters. The number of methoxy groups -OCH3 is 1. The molecule has 0 heterocycles. The van der Waals surface area contributed by atoms with Crippen molar-refractivity contribution < 1.29 is 26.7 Å². The maximum atomic E-state index is 12.8. The zero-order valence-corrected chi connectivity index (χ0v) is 8.49. The summed E-state index contributed by atoms with van der Waals surface area (Å²) in [4.78, 5) is 0. The van der Waals surface area contributed by atoms with E-state index in [1.165, 1.54) is 0 Å². The molecule has 0 bridgehead atoms. The van der Waals surface area contributed by atoms with Gasteiger partial charge in [-0.05, 0) is 25.7 Å². The molecule has 1 nitrogen and oxygen atoms in total. The summed E-state index contributed by atoms with van der Waals surface area (Å²) < 4.78 is 61.5. The molecule has 92 valence electrons. The molecule has 0 unspecified atom stereocenters. The smallest absolute Gasteiger partial charge is 0.324 e. The fraction of sp³-hybridized carbons (Fsp3) is 1.00. The van der Waals surface area contributed by atoms with Crippen molar-refractivity contribution in [2.24, 2.45) is 5.92 Å². The highest BCUT2D eigenvalue weighted by molar-refractivity contribution is 4.77. The van der Waals surface area contributed by atoms with Gasteiger partial charge >= 0.3 is 6.11 Å². The Morgan fingerprint density at radius 2 is 1.53 bits per heavy atom. The SMILES string of the molecule is COC(F)(F)C1CCC(F)CC1.FCF. The first-order valence-electron chi connectivity index (χ1n) is 4.66. The maximum Gasteiger partial charge on any atom is 0.358 e. The van der Waals surface area contributed by atoms with Gasteiger partial charge in [-0.25, -0.2) is 13.2 Å². The van der Waals surface area contributed by atoms with Crippen LogP contribution in [0.2, 0.25) is 0 Å². The van der Waals surface area contributed by atoms with Gasteiger partial charge in [-0.3, -0.25) is 0 Å². The van der Waals surface area contributed by atoms with Crippen LogP contribution in [0.25, 0.3) is 0 Å². The highest BCUT2D eigenvalue weighted by Gasteiger charge is 2.41. The summed E-state index contributed by atoms with van der Waals surface area (Å²) in [7, 11) is 0.988. The van der Waals surface area contributed by atoms with E-state index < -0.39 is 25.1 Å². The molecule has 1 fully saturated rings. The van der Waals surface area contributed by atoms with Gasteiger partial charge in [0.05, 0.1) is 5.92 Å². The first kappa shape index (κ1) is 14.6. The van der Waals surface area contributed by atoms with E-state index in [1.807, 2.05) is 0 Å². The highest BCUT2D eigenvalue weighted by atomic mass is 19.3. The highest BCUT2D eigenvalue weighted by Crippen LogP contribution is 2.37. The van der Waals surface area contributed by atoms with E-state index in [0.29, 0.717) is 0 Å². The molecule has 0 amide bonds. The van der Waals surface area contributed by atoms with Gasteiger partial charge in [0.2, 0.25) is 6.93 Å². The predicted molar refractivity (Wildman–Crippen MR) is 45.9 cm³/mol. The lowest BCUT2D eigenvalue weighted by molar-refractivity contribution is -0.262. The van der Waals surface area contributed by atoms with E-state index in [-0.39, 0.29) is 25.7 Å². The summed E-state index contributed by atoms with van der Waals surface area (Å²) in [5.74, 6) is -0.797. The Bertz CT molecular complexity index is 157. The zero-order chi connectivity index (χ0) is 11.9. The zero-order valence-electron chi connectivity index (χ0n) is 8.49. The van der Waals surface area contributed by atoms with Crippen LogP contribution in [0.15, 0.2) is 0 Å². The maximum absolute atomic E-state index is 12.8. The Labute approximate surface area is 85.6 Å². The summed E-state index contributed by atoms with van der Waals surface area (Å²) in [6, 6.07) is 0. The van der Waals surface area contributed by atoms with Crippen LogP contribution in [-0.2, 0) is 4.74 Å². The quantitative estimate of drug-likeness (QED) is 0.663. The van der Waals surface area contributed by atoms with Crippen LogP contribution in [0, 0.1) is 5.92 Å². The minimum Gasteiger partial charge on any atom is -0.324 e. The molecule has 15 heavy (non-hydrogen) atoms. The summed E-state index contributed by atoms with van der Waals surface area (Å²) >= 11 is 0. The number of rotatable bonds is 2. The molecular formula is C9H15F5O. The lowest BCUT2D eigenvalue weighted by Gasteiger charge is -2.29. The van der Waals surface area contributed by atoms with Crippen LogP contribution in [0.4, 0.5) is 22.0 Å². The fourth-order valence-corrected chi connectivity index (χ4v) is 1.56. The van der Waals surface area contributed by atoms with Crippen LogP contribution in [-0.4, -0.2) is 26.3 Å². The summed E-state index contributed by atoms with van der Waals surface area (Å²) in [6.45, 7) is -1.75. The summed E-state index contributed by atoms with van der Waals surface area (Å²) in [5.41, 5.74) is 0. The van der Waals surface area contributed by atoms with Gasteiger partial charge in [0.25, 0.3) is 0 Å². The van der Waals surface area contributed by atoms with Gasteiger partial charge in [0, 0.05) is 7.11 Å². The second-order valence-electron chi connectivity index (χ2n) is 3.32. The molecule has 0 saturated heterocycles. The predicted octanol–water partition coefficient (Wildman–Crippen LogP) is 3.64. The number of hydrogen-bond donors (Lipinski definition) is 0. The van der Waals surface area contributed by atoms with Crippen molar-refractivity contribution in [3.8, 4) is 0 Å². The van der Waals surface area contributed by atoms with E-state index in [4.69, 9.17) is 0 Å². The monoisotopic (exact) mass is 234 g/mol. The van der Waals surface area contributed by atoms with E-state index in [2.05, 4.69) is 4.74 Å². The molecule has 0 spiro atoms. The van der Waals surface area contributed by atoms with Crippen LogP contribution in [0.5, 0.6) is 0 Å². The molecule has 1 saturated carbocycles. The van der Waals surface area contributed by atoms with E-state index in [1.54, 1.807) is 0 Å². The second kappa shape index (κ2) is 6.98. The Hall–Kier alpha value is -0.390. The first-order chi connectivity index (χ1) is 6.97. The summed E-state index contributed by atoms with van der Waals surface area (Å²) in [5, 5.41) is 0. The first-order valence-corrected chi connectivity index (χ1v) is 4.66. The minimum atomic E-state index is -3.07. The Morgan fingerprint density at radius 1 is 1.13 bits per heavy atom. The normalized spacial score (nSPS) is 26.8. The molecule has 1 aliphatic carbocycles. The van der Waals surface area contributed by atoms with Gasteiger partial charge < -0.3 is 4.74 Å². The number of alkyl halides is 5. The minimum absolute atomic E-state index is 0.224. The number of hydrogen-bond acceptors (Lipinski definition) is 1. The molecule has 0 aromatic carbocycles. The standard InChI is InChI=1S/C8H13F3O.CH2F2/c1-12-8(10,11)6-2-4-7(9)5-3-6;2-1-3/h6-7H,2-5H2,1H3;1H2. The Kier molecular flexibility index (Phi) is 6.80. The van der Waals surface area contributed by atoms with E-state index in [9.17, 15) is 22.0 Å². The van der Waals surface area contributed by atoms with Crippen LogP contribution < -0.4 is 0 Å². The molecule has 0 radical (unpaired) electrons. The third-order valence-electron chi connectivity index (χ3n) is 2.40. The van der Waals surface area contributed by atoms with Crippen molar-refractivity contribution in [2.75, 3.05) is 14.0 Å². The Balaban J connectivity index is 0.000000583. The number of ether oxygens (including phenoxy) is 1. The van der Waals surface area contributed by atoms with Gasteiger partial charge in [0.1, 0.15) is 6.17 Å².